The maximum absolute atomic E-state index is 13.6. The van der Waals surface area contributed by atoms with Crippen molar-refractivity contribution < 1.29 is 13.6 Å². The first-order valence-corrected chi connectivity index (χ1v) is 7.11. The number of hydrogen-bond acceptors (Lipinski definition) is 2. The Morgan fingerprint density at radius 2 is 2.00 bits per heavy atom. The van der Waals surface area contributed by atoms with Crippen molar-refractivity contribution >= 4 is 5.91 Å². The molecule has 0 saturated heterocycles. The minimum Gasteiger partial charge on any atom is -0.339 e. The van der Waals surface area contributed by atoms with Gasteiger partial charge in [-0.05, 0) is 37.7 Å². The van der Waals surface area contributed by atoms with Crippen molar-refractivity contribution in [2.45, 2.75) is 45.1 Å². The number of halogens is 2. The molecule has 1 amide bonds. The number of aromatic nitrogens is 1. The second kappa shape index (κ2) is 6.29. The van der Waals surface area contributed by atoms with Gasteiger partial charge in [-0.3, -0.25) is 4.79 Å². The van der Waals surface area contributed by atoms with Crippen molar-refractivity contribution in [3.63, 3.8) is 0 Å². The summed E-state index contributed by atoms with van der Waals surface area (Å²) in [5.74, 6) is -2.13. The van der Waals surface area contributed by atoms with Crippen LogP contribution in [0.15, 0.2) is 12.3 Å². The average molecular weight is 282 g/mol. The number of pyridine rings is 1. The van der Waals surface area contributed by atoms with E-state index >= 15 is 0 Å². The third-order valence-corrected chi connectivity index (χ3v) is 4.34. The van der Waals surface area contributed by atoms with Crippen molar-refractivity contribution in [2.24, 2.45) is 5.92 Å². The van der Waals surface area contributed by atoms with E-state index in [0.717, 1.165) is 44.2 Å². The number of nitrogens with zero attached hydrogens (tertiary/aromatic N) is 2. The Hall–Kier alpha value is -1.52. The van der Waals surface area contributed by atoms with Crippen molar-refractivity contribution in [2.75, 3.05) is 7.05 Å². The molecular formula is C15H20F2N2O. The largest absolute Gasteiger partial charge is 0.339 e. The summed E-state index contributed by atoms with van der Waals surface area (Å²) in [5, 5.41) is 0. The molecule has 5 heteroatoms. The zero-order valence-electron chi connectivity index (χ0n) is 11.9. The highest BCUT2D eigenvalue weighted by atomic mass is 19.2. The fraction of sp³-hybridized carbons (Fsp3) is 0.600. The molecule has 1 saturated carbocycles. The van der Waals surface area contributed by atoms with E-state index in [1.807, 2.05) is 0 Å². The molecule has 1 aliphatic carbocycles. The van der Waals surface area contributed by atoms with Gasteiger partial charge < -0.3 is 4.90 Å². The summed E-state index contributed by atoms with van der Waals surface area (Å²) in [4.78, 5) is 17.0. The first kappa shape index (κ1) is 14.9. The molecule has 0 spiro atoms. The molecule has 1 aliphatic rings. The number of amides is 1. The van der Waals surface area contributed by atoms with Gasteiger partial charge in [0.15, 0.2) is 5.82 Å². The summed E-state index contributed by atoms with van der Waals surface area (Å²) in [6, 6.07) is 1.34. The Balaban J connectivity index is 2.07. The highest BCUT2D eigenvalue weighted by Gasteiger charge is 2.28. The lowest BCUT2D eigenvalue weighted by atomic mass is 9.84. The van der Waals surface area contributed by atoms with Gasteiger partial charge in [0.05, 0.1) is 5.56 Å². The van der Waals surface area contributed by atoms with Crippen LogP contribution in [-0.4, -0.2) is 28.9 Å². The minimum absolute atomic E-state index is 0.112. The normalized spacial score (nSPS) is 22.6. The third-order valence-electron chi connectivity index (χ3n) is 4.34. The Morgan fingerprint density at radius 3 is 2.60 bits per heavy atom. The molecule has 110 valence electrons. The van der Waals surface area contributed by atoms with Gasteiger partial charge in [-0.25, -0.2) is 9.37 Å². The molecule has 0 radical (unpaired) electrons. The maximum Gasteiger partial charge on any atom is 0.257 e. The lowest BCUT2D eigenvalue weighted by molar-refractivity contribution is 0.0668. The molecule has 0 N–H and O–H groups in total. The predicted octanol–water partition coefficient (Wildman–Crippen LogP) is 3.40. The SMILES string of the molecule is CCC1CCC(N(C)C(=O)c2ccnc(F)c2F)CC1. The Bertz CT molecular complexity index is 485. The van der Waals surface area contributed by atoms with Gasteiger partial charge in [-0.2, -0.15) is 4.39 Å². The molecule has 1 heterocycles. The molecule has 3 nitrogen and oxygen atoms in total. The van der Waals surface area contributed by atoms with E-state index in [2.05, 4.69) is 11.9 Å². The Labute approximate surface area is 118 Å². The first-order chi connectivity index (χ1) is 9.54. The number of rotatable bonds is 3. The fourth-order valence-corrected chi connectivity index (χ4v) is 2.88. The molecule has 20 heavy (non-hydrogen) atoms. The molecule has 0 aliphatic heterocycles. The lowest BCUT2D eigenvalue weighted by Crippen LogP contribution is -2.39. The molecule has 1 aromatic rings. The monoisotopic (exact) mass is 282 g/mol. The van der Waals surface area contributed by atoms with Crippen molar-refractivity contribution in [1.82, 2.24) is 9.88 Å². The summed E-state index contributed by atoms with van der Waals surface area (Å²) in [7, 11) is 1.66. The topological polar surface area (TPSA) is 33.2 Å². The van der Waals surface area contributed by atoms with Crippen molar-refractivity contribution in [3.8, 4) is 0 Å². The molecule has 0 unspecified atom stereocenters. The third kappa shape index (κ3) is 2.97. The van der Waals surface area contributed by atoms with E-state index in [1.54, 1.807) is 11.9 Å². The lowest BCUT2D eigenvalue weighted by Gasteiger charge is -2.34. The zero-order valence-corrected chi connectivity index (χ0v) is 11.9. The number of carbonyl (C=O) groups is 1. The number of carbonyl (C=O) groups excluding carboxylic acids is 1. The van der Waals surface area contributed by atoms with E-state index < -0.39 is 17.7 Å². The van der Waals surface area contributed by atoms with Crippen LogP contribution in [0.2, 0.25) is 0 Å². The number of hydrogen-bond donors (Lipinski definition) is 0. The van der Waals surface area contributed by atoms with Gasteiger partial charge in [-0.15, -0.1) is 0 Å². The molecule has 0 aromatic carbocycles. The van der Waals surface area contributed by atoms with Crippen LogP contribution in [0.5, 0.6) is 0 Å². The smallest absolute Gasteiger partial charge is 0.257 e. The highest BCUT2D eigenvalue weighted by Crippen LogP contribution is 2.29. The van der Waals surface area contributed by atoms with E-state index in [9.17, 15) is 13.6 Å². The summed E-state index contributed by atoms with van der Waals surface area (Å²) >= 11 is 0. The molecule has 0 atom stereocenters. The highest BCUT2D eigenvalue weighted by molar-refractivity contribution is 5.94. The van der Waals surface area contributed by atoms with Gasteiger partial charge in [0.1, 0.15) is 0 Å². The van der Waals surface area contributed by atoms with Crippen LogP contribution in [0.4, 0.5) is 8.78 Å². The predicted molar refractivity (Wildman–Crippen MR) is 72.3 cm³/mol. The van der Waals surface area contributed by atoms with Crippen LogP contribution in [-0.2, 0) is 0 Å². The van der Waals surface area contributed by atoms with E-state index in [1.165, 1.54) is 6.07 Å². The summed E-state index contributed by atoms with van der Waals surface area (Å²) in [5.41, 5.74) is -0.238. The molecule has 1 fully saturated rings. The second-order valence-electron chi connectivity index (χ2n) is 5.46. The van der Waals surface area contributed by atoms with Gasteiger partial charge >= 0.3 is 0 Å². The van der Waals surface area contributed by atoms with Crippen LogP contribution in [0.25, 0.3) is 0 Å². The molecular weight excluding hydrogens is 262 g/mol. The Morgan fingerprint density at radius 1 is 1.35 bits per heavy atom. The van der Waals surface area contributed by atoms with E-state index in [4.69, 9.17) is 0 Å². The van der Waals surface area contributed by atoms with Gasteiger partial charge in [0, 0.05) is 19.3 Å². The summed E-state index contributed by atoms with van der Waals surface area (Å²) in [6.45, 7) is 2.18. The molecule has 2 rings (SSSR count). The van der Waals surface area contributed by atoms with Crippen LogP contribution >= 0.6 is 0 Å². The van der Waals surface area contributed by atoms with Crippen molar-refractivity contribution in [3.05, 3.63) is 29.6 Å². The summed E-state index contributed by atoms with van der Waals surface area (Å²) in [6.07, 6.45) is 6.31. The molecule has 1 aromatic heterocycles. The van der Waals surface area contributed by atoms with Crippen LogP contribution in [0.1, 0.15) is 49.4 Å². The van der Waals surface area contributed by atoms with Crippen LogP contribution < -0.4 is 0 Å². The standard InChI is InChI=1S/C15H20F2N2O/c1-3-10-4-6-11(7-5-10)19(2)15(20)12-8-9-18-14(17)13(12)16/h8-11H,3-7H2,1-2H3. The molecule has 0 bridgehead atoms. The van der Waals surface area contributed by atoms with Gasteiger partial charge in [0.2, 0.25) is 5.95 Å². The maximum atomic E-state index is 13.6. The summed E-state index contributed by atoms with van der Waals surface area (Å²) < 4.78 is 26.7. The van der Waals surface area contributed by atoms with Crippen LogP contribution in [0, 0.1) is 17.7 Å². The first-order valence-electron chi connectivity index (χ1n) is 7.11. The quantitative estimate of drug-likeness (QED) is 0.796. The van der Waals surface area contributed by atoms with E-state index in [-0.39, 0.29) is 11.6 Å². The Kier molecular flexibility index (Phi) is 4.68. The van der Waals surface area contributed by atoms with Gasteiger partial charge in [-0.1, -0.05) is 13.3 Å². The van der Waals surface area contributed by atoms with Gasteiger partial charge in [0.25, 0.3) is 5.91 Å². The van der Waals surface area contributed by atoms with E-state index in [0.29, 0.717) is 0 Å². The van der Waals surface area contributed by atoms with Crippen LogP contribution in [0.3, 0.4) is 0 Å². The minimum atomic E-state index is -1.22. The second-order valence-corrected chi connectivity index (χ2v) is 5.46. The fourth-order valence-electron chi connectivity index (χ4n) is 2.88. The average Bonchev–Trinajstić information content (AvgIpc) is 2.48. The van der Waals surface area contributed by atoms with Crippen molar-refractivity contribution in [1.29, 1.82) is 0 Å². The zero-order chi connectivity index (χ0) is 14.7.